The van der Waals surface area contributed by atoms with Gasteiger partial charge >= 0.3 is 0 Å². The van der Waals surface area contributed by atoms with Crippen LogP contribution in [0.5, 0.6) is 0 Å². The number of aromatic amines is 1. The van der Waals surface area contributed by atoms with Gasteiger partial charge in [-0.2, -0.15) is 0 Å². The zero-order chi connectivity index (χ0) is 19.6. The monoisotopic (exact) mass is 403 g/mol. The molecule has 1 aliphatic carbocycles. The Labute approximate surface area is 172 Å². The largest absolute Gasteiger partial charge is 0.360 e. The number of nitrogens with one attached hydrogen (secondary N) is 2. The summed E-state index contributed by atoms with van der Waals surface area (Å²) in [4.78, 5) is 15.6. The molecular formula is C22H21N5OS. The second-order valence-electron chi connectivity index (χ2n) is 7.21. The van der Waals surface area contributed by atoms with Crippen LogP contribution in [0.2, 0.25) is 0 Å². The Morgan fingerprint density at radius 1 is 1.10 bits per heavy atom. The summed E-state index contributed by atoms with van der Waals surface area (Å²) in [7, 11) is 0. The van der Waals surface area contributed by atoms with Crippen molar-refractivity contribution in [3.05, 3.63) is 66.4 Å². The summed E-state index contributed by atoms with van der Waals surface area (Å²) in [5.74, 6) is 1.20. The molecular weight excluding hydrogens is 382 g/mol. The predicted molar refractivity (Wildman–Crippen MR) is 115 cm³/mol. The molecule has 0 bridgehead atoms. The highest BCUT2D eigenvalue weighted by Gasteiger charge is 2.31. The first-order valence-corrected chi connectivity index (χ1v) is 10.7. The van der Waals surface area contributed by atoms with Crippen molar-refractivity contribution in [2.75, 3.05) is 5.75 Å². The second-order valence-corrected chi connectivity index (χ2v) is 8.15. The molecule has 0 atom stereocenters. The molecule has 0 unspecified atom stereocenters. The number of carbonyl (C=O) groups excluding carboxylic acids is 1. The Balaban J connectivity index is 1.32. The van der Waals surface area contributed by atoms with Crippen LogP contribution in [0.15, 0.2) is 66.0 Å². The molecule has 4 aromatic rings. The van der Waals surface area contributed by atoms with E-state index in [2.05, 4.69) is 37.2 Å². The number of hydrogen-bond donors (Lipinski definition) is 2. The van der Waals surface area contributed by atoms with Gasteiger partial charge in [0.2, 0.25) is 5.91 Å². The highest BCUT2D eigenvalue weighted by molar-refractivity contribution is 7.99. The average Bonchev–Trinajstić information content (AvgIpc) is 3.37. The fourth-order valence-electron chi connectivity index (χ4n) is 3.46. The lowest BCUT2D eigenvalue weighted by molar-refractivity contribution is -0.118. The van der Waals surface area contributed by atoms with Gasteiger partial charge in [0.15, 0.2) is 11.0 Å². The van der Waals surface area contributed by atoms with Crippen molar-refractivity contribution in [3.63, 3.8) is 0 Å². The molecule has 1 saturated carbocycles. The molecule has 0 radical (unpaired) electrons. The molecule has 0 spiro atoms. The molecule has 29 heavy (non-hydrogen) atoms. The third-order valence-electron chi connectivity index (χ3n) is 5.07. The van der Waals surface area contributed by atoms with Crippen molar-refractivity contribution in [2.45, 2.75) is 30.6 Å². The first-order chi connectivity index (χ1) is 14.3. The zero-order valence-corrected chi connectivity index (χ0v) is 16.7. The van der Waals surface area contributed by atoms with E-state index in [0.717, 1.165) is 45.9 Å². The van der Waals surface area contributed by atoms with Crippen LogP contribution in [-0.2, 0) is 11.3 Å². The number of thioether (sulfide) groups is 1. The van der Waals surface area contributed by atoms with E-state index in [1.165, 1.54) is 11.8 Å². The number of fused-ring (bicyclic) bond motifs is 1. The molecule has 1 aliphatic rings. The van der Waals surface area contributed by atoms with Crippen LogP contribution in [0.25, 0.3) is 22.3 Å². The van der Waals surface area contributed by atoms with Gasteiger partial charge in [0.1, 0.15) is 0 Å². The van der Waals surface area contributed by atoms with E-state index in [0.29, 0.717) is 18.3 Å². The molecule has 0 saturated heterocycles. The molecule has 2 aromatic heterocycles. The standard InChI is InChI=1S/C22H21N5OS/c28-20(24-12-15-6-2-1-3-7-15)14-29-22-26-25-21(27(22)16-10-11-16)18-13-23-19-9-5-4-8-17(18)19/h1-9,13,16,23H,10-12,14H2,(H,24,28). The maximum absolute atomic E-state index is 12.3. The van der Waals surface area contributed by atoms with Crippen LogP contribution in [0.1, 0.15) is 24.4 Å². The third kappa shape index (κ3) is 3.78. The van der Waals surface area contributed by atoms with E-state index in [4.69, 9.17) is 0 Å². The highest BCUT2D eigenvalue weighted by Crippen LogP contribution is 2.42. The predicted octanol–water partition coefficient (Wildman–Crippen LogP) is 4.17. The van der Waals surface area contributed by atoms with Gasteiger partial charge in [0, 0.05) is 35.2 Å². The average molecular weight is 404 g/mol. The normalized spacial score (nSPS) is 13.7. The van der Waals surface area contributed by atoms with Gasteiger partial charge in [-0.05, 0) is 24.5 Å². The van der Waals surface area contributed by atoms with Gasteiger partial charge in [0.05, 0.1) is 5.75 Å². The fourth-order valence-corrected chi connectivity index (χ4v) is 4.29. The lowest BCUT2D eigenvalue weighted by Gasteiger charge is -2.09. The molecule has 2 heterocycles. The minimum absolute atomic E-state index is 0.00200. The van der Waals surface area contributed by atoms with Gasteiger partial charge in [-0.1, -0.05) is 60.3 Å². The van der Waals surface area contributed by atoms with Crippen molar-refractivity contribution < 1.29 is 4.79 Å². The third-order valence-corrected chi connectivity index (χ3v) is 6.01. The molecule has 2 aromatic carbocycles. The minimum Gasteiger partial charge on any atom is -0.360 e. The van der Waals surface area contributed by atoms with Crippen molar-refractivity contribution in [1.29, 1.82) is 0 Å². The maximum atomic E-state index is 12.3. The number of amides is 1. The van der Waals surface area contributed by atoms with Crippen LogP contribution in [-0.4, -0.2) is 31.4 Å². The number of hydrogen-bond acceptors (Lipinski definition) is 4. The van der Waals surface area contributed by atoms with Crippen LogP contribution in [0, 0.1) is 0 Å². The summed E-state index contributed by atoms with van der Waals surface area (Å²) >= 11 is 1.45. The minimum atomic E-state index is -0.00200. The van der Waals surface area contributed by atoms with E-state index in [9.17, 15) is 4.79 Å². The van der Waals surface area contributed by atoms with E-state index < -0.39 is 0 Å². The number of carbonyl (C=O) groups is 1. The summed E-state index contributed by atoms with van der Waals surface area (Å²) in [6, 6.07) is 18.5. The maximum Gasteiger partial charge on any atom is 0.230 e. The van der Waals surface area contributed by atoms with Crippen molar-refractivity contribution in [2.24, 2.45) is 0 Å². The SMILES string of the molecule is O=C(CSc1nnc(-c2c[nH]c3ccccc23)n1C1CC1)NCc1ccccc1. The van der Waals surface area contributed by atoms with Crippen LogP contribution >= 0.6 is 11.8 Å². The molecule has 7 heteroatoms. The number of H-pyrrole nitrogens is 1. The van der Waals surface area contributed by atoms with E-state index in [1.807, 2.05) is 48.7 Å². The molecule has 6 nitrogen and oxygen atoms in total. The lowest BCUT2D eigenvalue weighted by Crippen LogP contribution is -2.24. The Hall–Kier alpha value is -3.06. The Bertz CT molecular complexity index is 1150. The van der Waals surface area contributed by atoms with Crippen LogP contribution in [0.4, 0.5) is 0 Å². The van der Waals surface area contributed by atoms with Gasteiger partial charge in [-0.15, -0.1) is 10.2 Å². The molecule has 1 fully saturated rings. The topological polar surface area (TPSA) is 75.6 Å². The van der Waals surface area contributed by atoms with Crippen LogP contribution in [0.3, 0.4) is 0 Å². The highest BCUT2D eigenvalue weighted by atomic mass is 32.2. The van der Waals surface area contributed by atoms with Crippen molar-refractivity contribution >= 4 is 28.6 Å². The van der Waals surface area contributed by atoms with Gasteiger partial charge in [0.25, 0.3) is 0 Å². The smallest absolute Gasteiger partial charge is 0.230 e. The first kappa shape index (κ1) is 18.0. The zero-order valence-electron chi connectivity index (χ0n) is 15.8. The van der Waals surface area contributed by atoms with Crippen molar-refractivity contribution in [1.82, 2.24) is 25.1 Å². The Kier molecular flexibility index (Phi) is 4.81. The van der Waals surface area contributed by atoms with Gasteiger partial charge in [-0.3, -0.25) is 9.36 Å². The molecule has 146 valence electrons. The van der Waals surface area contributed by atoms with E-state index in [-0.39, 0.29) is 5.91 Å². The van der Waals surface area contributed by atoms with Crippen LogP contribution < -0.4 is 5.32 Å². The summed E-state index contributed by atoms with van der Waals surface area (Å²) in [6.45, 7) is 0.538. The number of rotatable bonds is 7. The van der Waals surface area contributed by atoms with Gasteiger partial charge in [-0.25, -0.2) is 0 Å². The Morgan fingerprint density at radius 2 is 1.90 bits per heavy atom. The lowest BCUT2D eigenvalue weighted by atomic mass is 10.1. The summed E-state index contributed by atoms with van der Waals surface area (Å²) in [5.41, 5.74) is 3.23. The first-order valence-electron chi connectivity index (χ1n) is 9.74. The van der Waals surface area contributed by atoms with Crippen molar-refractivity contribution in [3.8, 4) is 11.4 Å². The summed E-state index contributed by atoms with van der Waals surface area (Å²) < 4.78 is 2.20. The number of para-hydroxylation sites is 1. The van der Waals surface area contributed by atoms with E-state index in [1.54, 1.807) is 0 Å². The number of nitrogens with zero attached hydrogens (tertiary/aromatic N) is 3. The molecule has 1 amide bonds. The quantitative estimate of drug-likeness (QED) is 0.454. The molecule has 0 aliphatic heterocycles. The summed E-state index contributed by atoms with van der Waals surface area (Å²) in [6.07, 6.45) is 4.25. The second kappa shape index (κ2) is 7.75. The summed E-state index contributed by atoms with van der Waals surface area (Å²) in [5, 5.41) is 13.8. The molecule has 2 N–H and O–H groups in total. The Morgan fingerprint density at radius 3 is 2.72 bits per heavy atom. The molecule has 5 rings (SSSR count). The van der Waals surface area contributed by atoms with E-state index >= 15 is 0 Å². The fraction of sp³-hybridized carbons (Fsp3) is 0.227. The van der Waals surface area contributed by atoms with Gasteiger partial charge < -0.3 is 10.3 Å². The number of aromatic nitrogens is 4. The number of benzene rings is 2.